The van der Waals surface area contributed by atoms with Gasteiger partial charge in [-0.25, -0.2) is 0 Å². The topological polar surface area (TPSA) is 34.4 Å². The molecule has 18 heavy (non-hydrogen) atoms. The Labute approximate surface area is 108 Å². The van der Waals surface area contributed by atoms with Crippen LogP contribution < -0.4 is 10.1 Å². The van der Waals surface area contributed by atoms with Crippen molar-refractivity contribution in [3.63, 3.8) is 0 Å². The number of nitrogens with one attached hydrogen (secondary N) is 1. The van der Waals surface area contributed by atoms with E-state index in [-0.39, 0.29) is 12.1 Å². The van der Waals surface area contributed by atoms with Crippen molar-refractivity contribution in [2.45, 2.75) is 25.9 Å². The molecular weight excluding hydrogens is 226 g/mol. The maximum atomic E-state index is 5.39. The van der Waals surface area contributed by atoms with Crippen LogP contribution in [0.15, 0.2) is 47.1 Å². The fourth-order valence-electron chi connectivity index (χ4n) is 2.00. The lowest BCUT2D eigenvalue weighted by molar-refractivity contribution is 0.398. The third-order valence-corrected chi connectivity index (χ3v) is 3.06. The summed E-state index contributed by atoms with van der Waals surface area (Å²) >= 11 is 0. The first-order valence-corrected chi connectivity index (χ1v) is 6.14. The first-order valence-electron chi connectivity index (χ1n) is 6.14. The van der Waals surface area contributed by atoms with Crippen LogP contribution in [0.4, 0.5) is 0 Å². The highest BCUT2D eigenvalue weighted by Crippen LogP contribution is 2.22. The molecule has 1 aromatic carbocycles. The lowest BCUT2D eigenvalue weighted by Gasteiger charge is -2.19. The molecule has 1 N–H and O–H groups in total. The average Bonchev–Trinajstić information content (AvgIpc) is 2.92. The molecule has 3 nitrogen and oxygen atoms in total. The van der Waals surface area contributed by atoms with Crippen LogP contribution in [0.3, 0.4) is 0 Å². The minimum absolute atomic E-state index is 0.182. The quantitative estimate of drug-likeness (QED) is 0.872. The highest BCUT2D eigenvalue weighted by Gasteiger charge is 2.13. The number of hydrogen-bond donors (Lipinski definition) is 1. The molecule has 0 radical (unpaired) electrons. The van der Waals surface area contributed by atoms with Crippen molar-refractivity contribution >= 4 is 0 Å². The summed E-state index contributed by atoms with van der Waals surface area (Å²) in [4.78, 5) is 0. The molecule has 2 aromatic rings. The Balaban J connectivity index is 2.04. The van der Waals surface area contributed by atoms with Gasteiger partial charge in [0, 0.05) is 6.04 Å². The summed E-state index contributed by atoms with van der Waals surface area (Å²) in [6.07, 6.45) is 1.70. The molecule has 0 aliphatic carbocycles. The summed E-state index contributed by atoms with van der Waals surface area (Å²) in [7, 11) is 1.68. The molecule has 1 aromatic heterocycles. The first kappa shape index (κ1) is 12.7. The van der Waals surface area contributed by atoms with Gasteiger partial charge in [-0.05, 0) is 43.7 Å². The van der Waals surface area contributed by atoms with E-state index in [2.05, 4.69) is 25.2 Å². The van der Waals surface area contributed by atoms with Crippen LogP contribution in [0.1, 0.15) is 37.3 Å². The zero-order valence-corrected chi connectivity index (χ0v) is 11.0. The van der Waals surface area contributed by atoms with Crippen LogP contribution in [0.25, 0.3) is 0 Å². The largest absolute Gasteiger partial charge is 0.497 e. The van der Waals surface area contributed by atoms with E-state index in [1.807, 2.05) is 30.3 Å². The average molecular weight is 245 g/mol. The first-order chi connectivity index (χ1) is 8.70. The lowest BCUT2D eigenvalue weighted by Crippen LogP contribution is -2.22. The maximum Gasteiger partial charge on any atom is 0.120 e. The maximum absolute atomic E-state index is 5.39. The van der Waals surface area contributed by atoms with Gasteiger partial charge < -0.3 is 14.5 Å². The fourth-order valence-corrected chi connectivity index (χ4v) is 2.00. The van der Waals surface area contributed by atoms with E-state index in [0.29, 0.717) is 0 Å². The van der Waals surface area contributed by atoms with Gasteiger partial charge in [0.15, 0.2) is 0 Å². The van der Waals surface area contributed by atoms with Crippen LogP contribution in [0.5, 0.6) is 5.75 Å². The normalized spacial score (nSPS) is 14.2. The van der Waals surface area contributed by atoms with Crippen molar-refractivity contribution < 1.29 is 9.15 Å². The van der Waals surface area contributed by atoms with Gasteiger partial charge in [-0.3, -0.25) is 0 Å². The monoisotopic (exact) mass is 245 g/mol. The Kier molecular flexibility index (Phi) is 4.05. The molecule has 0 saturated carbocycles. The molecule has 96 valence electrons. The van der Waals surface area contributed by atoms with Gasteiger partial charge in [0.05, 0.1) is 19.4 Å². The fraction of sp³-hybridized carbons (Fsp3) is 0.333. The Morgan fingerprint density at radius 2 is 1.94 bits per heavy atom. The Bertz CT molecular complexity index is 479. The highest BCUT2D eigenvalue weighted by atomic mass is 16.5. The second-order valence-corrected chi connectivity index (χ2v) is 4.40. The smallest absolute Gasteiger partial charge is 0.120 e. The van der Waals surface area contributed by atoms with Gasteiger partial charge in [0.2, 0.25) is 0 Å². The molecule has 3 heteroatoms. The summed E-state index contributed by atoms with van der Waals surface area (Å²) in [5.41, 5.74) is 1.20. The number of ether oxygens (including phenoxy) is 1. The molecular formula is C15H19NO2. The Morgan fingerprint density at radius 3 is 2.61 bits per heavy atom. The van der Waals surface area contributed by atoms with Crippen LogP contribution in [0.2, 0.25) is 0 Å². The van der Waals surface area contributed by atoms with Crippen molar-refractivity contribution in [2.24, 2.45) is 0 Å². The molecule has 0 bridgehead atoms. The van der Waals surface area contributed by atoms with Gasteiger partial charge in [-0.1, -0.05) is 12.1 Å². The van der Waals surface area contributed by atoms with Crippen LogP contribution in [-0.4, -0.2) is 7.11 Å². The number of rotatable bonds is 5. The van der Waals surface area contributed by atoms with E-state index in [1.165, 1.54) is 5.56 Å². The number of benzene rings is 1. The minimum Gasteiger partial charge on any atom is -0.497 e. The van der Waals surface area contributed by atoms with Crippen molar-refractivity contribution in [2.75, 3.05) is 7.11 Å². The Hall–Kier alpha value is -1.74. The number of furan rings is 1. The van der Waals surface area contributed by atoms with E-state index in [4.69, 9.17) is 9.15 Å². The van der Waals surface area contributed by atoms with E-state index in [9.17, 15) is 0 Å². The number of methoxy groups -OCH3 is 1. The van der Waals surface area contributed by atoms with E-state index >= 15 is 0 Å². The van der Waals surface area contributed by atoms with Gasteiger partial charge in [0.25, 0.3) is 0 Å². The van der Waals surface area contributed by atoms with E-state index in [0.717, 1.165) is 11.5 Å². The van der Waals surface area contributed by atoms with Gasteiger partial charge in [-0.2, -0.15) is 0 Å². The van der Waals surface area contributed by atoms with E-state index in [1.54, 1.807) is 13.4 Å². The second kappa shape index (κ2) is 5.74. The summed E-state index contributed by atoms with van der Waals surface area (Å²) in [6, 6.07) is 12.4. The van der Waals surface area contributed by atoms with Crippen LogP contribution in [0, 0.1) is 0 Å². The van der Waals surface area contributed by atoms with Gasteiger partial charge >= 0.3 is 0 Å². The summed E-state index contributed by atoms with van der Waals surface area (Å²) in [6.45, 7) is 4.23. The van der Waals surface area contributed by atoms with Crippen LogP contribution in [-0.2, 0) is 0 Å². The lowest BCUT2D eigenvalue weighted by atomic mass is 10.1. The third kappa shape index (κ3) is 2.93. The molecule has 0 spiro atoms. The SMILES string of the molecule is COc1cccc(C(C)N[C@@H](C)c2ccco2)c1. The van der Waals surface area contributed by atoms with Crippen molar-refractivity contribution in [3.8, 4) is 5.75 Å². The molecule has 0 aliphatic heterocycles. The van der Waals surface area contributed by atoms with Crippen LogP contribution >= 0.6 is 0 Å². The van der Waals surface area contributed by atoms with Gasteiger partial charge in [0.1, 0.15) is 11.5 Å². The molecule has 0 aliphatic rings. The zero-order valence-electron chi connectivity index (χ0n) is 11.0. The summed E-state index contributed by atoms with van der Waals surface area (Å²) in [5.74, 6) is 1.83. The molecule has 1 unspecified atom stereocenters. The van der Waals surface area contributed by atoms with Crippen molar-refractivity contribution in [1.29, 1.82) is 0 Å². The third-order valence-electron chi connectivity index (χ3n) is 3.06. The van der Waals surface area contributed by atoms with Gasteiger partial charge in [-0.15, -0.1) is 0 Å². The Morgan fingerprint density at radius 1 is 1.11 bits per heavy atom. The highest BCUT2D eigenvalue weighted by molar-refractivity contribution is 5.30. The molecule has 0 amide bonds. The molecule has 0 saturated heterocycles. The molecule has 1 heterocycles. The van der Waals surface area contributed by atoms with Crippen molar-refractivity contribution in [1.82, 2.24) is 5.32 Å². The standard InChI is InChI=1S/C15H19NO2/c1-11(13-6-4-7-14(10-13)17-3)16-12(2)15-8-5-9-18-15/h4-12,16H,1-3H3/t11?,12-/m0/s1. The predicted molar refractivity (Wildman–Crippen MR) is 71.7 cm³/mol. The summed E-state index contributed by atoms with van der Waals surface area (Å²) < 4.78 is 10.6. The number of hydrogen-bond acceptors (Lipinski definition) is 3. The minimum atomic E-state index is 0.182. The molecule has 2 atom stereocenters. The molecule has 2 rings (SSSR count). The van der Waals surface area contributed by atoms with E-state index < -0.39 is 0 Å². The predicted octanol–water partition coefficient (Wildman–Crippen LogP) is 3.70. The summed E-state index contributed by atoms with van der Waals surface area (Å²) in [5, 5.41) is 3.50. The molecule has 0 fully saturated rings. The second-order valence-electron chi connectivity index (χ2n) is 4.40. The zero-order chi connectivity index (χ0) is 13.0. The van der Waals surface area contributed by atoms with Crippen molar-refractivity contribution in [3.05, 3.63) is 54.0 Å².